The number of hydrogen-bond donors (Lipinski definition) is 0. The van der Waals surface area contributed by atoms with Crippen molar-refractivity contribution in [2.24, 2.45) is 0 Å². The highest BCUT2D eigenvalue weighted by Crippen LogP contribution is 2.34. The molecule has 0 saturated heterocycles. The number of esters is 1. The van der Waals surface area contributed by atoms with Crippen LogP contribution in [0.4, 0.5) is 4.39 Å². The second-order valence-corrected chi connectivity index (χ2v) is 7.63. The van der Waals surface area contributed by atoms with E-state index in [9.17, 15) is 14.0 Å². The van der Waals surface area contributed by atoms with Crippen LogP contribution in [0.3, 0.4) is 0 Å². The van der Waals surface area contributed by atoms with Gasteiger partial charge in [-0.15, -0.1) is 0 Å². The summed E-state index contributed by atoms with van der Waals surface area (Å²) >= 11 is 1.42. The van der Waals surface area contributed by atoms with Crippen LogP contribution in [0.1, 0.15) is 59.1 Å². The van der Waals surface area contributed by atoms with Crippen molar-refractivity contribution >= 4 is 22.3 Å². The quantitative estimate of drug-likeness (QED) is 0.638. The van der Waals surface area contributed by atoms with Gasteiger partial charge in [-0.25, -0.2) is 14.2 Å². The third-order valence-electron chi connectivity index (χ3n) is 4.68. The normalized spacial score (nSPS) is 15.1. The summed E-state index contributed by atoms with van der Waals surface area (Å²) in [4.78, 5) is 29.3. The lowest BCUT2D eigenvalue weighted by molar-refractivity contribution is 0.0467. The highest BCUT2D eigenvalue weighted by molar-refractivity contribution is 7.16. The van der Waals surface area contributed by atoms with Gasteiger partial charge in [0.1, 0.15) is 17.4 Å². The van der Waals surface area contributed by atoms with Gasteiger partial charge in [-0.1, -0.05) is 36.7 Å². The molecule has 3 aromatic rings. The maximum absolute atomic E-state index is 13.2. The first-order valence-corrected chi connectivity index (χ1v) is 9.74. The fourth-order valence-electron chi connectivity index (χ4n) is 3.30. The van der Waals surface area contributed by atoms with E-state index in [0.717, 1.165) is 23.9 Å². The molecular weight excluding hydrogens is 369 g/mol. The van der Waals surface area contributed by atoms with Crippen molar-refractivity contribution in [1.29, 1.82) is 0 Å². The van der Waals surface area contributed by atoms with Crippen LogP contribution < -0.4 is 5.56 Å². The van der Waals surface area contributed by atoms with Crippen LogP contribution in [-0.2, 0) is 11.3 Å². The number of rotatable bonds is 4. The third kappa shape index (κ3) is 3.90. The molecule has 2 aromatic heterocycles. The van der Waals surface area contributed by atoms with Crippen LogP contribution >= 0.6 is 11.3 Å². The topological polar surface area (TPSA) is 73.6 Å². The molecule has 1 fully saturated rings. The van der Waals surface area contributed by atoms with Crippen molar-refractivity contribution in [3.8, 4) is 0 Å². The lowest BCUT2D eigenvalue weighted by Gasteiger charge is -2.18. The molecule has 27 heavy (non-hydrogen) atoms. The van der Waals surface area contributed by atoms with Crippen molar-refractivity contribution in [2.75, 3.05) is 0 Å². The highest BCUT2D eigenvalue weighted by atomic mass is 32.1. The van der Waals surface area contributed by atoms with Gasteiger partial charge in [-0.2, -0.15) is 9.61 Å². The number of hydrogen-bond acceptors (Lipinski definition) is 6. The lowest BCUT2D eigenvalue weighted by Crippen LogP contribution is -2.17. The first-order valence-electron chi connectivity index (χ1n) is 8.92. The van der Waals surface area contributed by atoms with Crippen molar-refractivity contribution in [3.05, 3.63) is 62.8 Å². The number of benzene rings is 1. The van der Waals surface area contributed by atoms with Gasteiger partial charge in [0.2, 0.25) is 4.96 Å². The molecule has 1 aliphatic carbocycles. The smallest absolute Gasteiger partial charge is 0.338 e. The minimum absolute atomic E-state index is 0.116. The summed E-state index contributed by atoms with van der Waals surface area (Å²) in [5, 5.41) is 5.38. The average Bonchev–Trinajstić information content (AvgIpc) is 3.12. The molecule has 1 aliphatic rings. The Morgan fingerprint density at radius 1 is 1.26 bits per heavy atom. The molecule has 0 amide bonds. The Morgan fingerprint density at radius 2 is 2.07 bits per heavy atom. The molecule has 0 unspecified atom stereocenters. The number of fused-ring (bicyclic) bond motifs is 1. The monoisotopic (exact) mass is 387 g/mol. The Balaban J connectivity index is 1.52. The fraction of sp³-hybridized carbons (Fsp3) is 0.368. The largest absolute Gasteiger partial charge is 0.456 e. The standard InChI is InChI=1S/C19H18FN3O3S/c20-14-8-4-7-13(9-14)18(25)26-11-15-10-16(24)23-19(21-15)27-17(22-23)12-5-2-1-3-6-12/h4,7-10,12H,1-3,5-6,11H2. The Labute approximate surface area is 158 Å². The van der Waals surface area contributed by atoms with E-state index in [0.29, 0.717) is 16.6 Å². The molecular formula is C19H18FN3O3S. The SMILES string of the molecule is O=C(OCc1cc(=O)n2nc(C3CCCCC3)sc2n1)c1cccc(F)c1. The molecule has 0 radical (unpaired) electrons. The number of aromatic nitrogens is 3. The van der Waals surface area contributed by atoms with E-state index in [1.165, 1.54) is 59.4 Å². The molecule has 2 heterocycles. The van der Waals surface area contributed by atoms with E-state index in [1.54, 1.807) is 0 Å². The first kappa shape index (κ1) is 17.8. The van der Waals surface area contributed by atoms with E-state index in [-0.39, 0.29) is 17.7 Å². The summed E-state index contributed by atoms with van der Waals surface area (Å²) in [7, 11) is 0. The highest BCUT2D eigenvalue weighted by Gasteiger charge is 2.21. The Kier molecular flexibility index (Phi) is 4.98. The molecule has 6 nitrogen and oxygen atoms in total. The van der Waals surface area contributed by atoms with Gasteiger partial charge in [0.25, 0.3) is 5.56 Å². The first-order chi connectivity index (χ1) is 13.1. The maximum Gasteiger partial charge on any atom is 0.338 e. The molecule has 1 aromatic carbocycles. The number of nitrogens with zero attached hydrogens (tertiary/aromatic N) is 3. The number of carbonyl (C=O) groups excluding carboxylic acids is 1. The van der Waals surface area contributed by atoms with Crippen LogP contribution in [-0.4, -0.2) is 20.6 Å². The summed E-state index contributed by atoms with van der Waals surface area (Å²) in [5.41, 5.74) is 0.170. The van der Waals surface area contributed by atoms with Crippen LogP contribution in [0.2, 0.25) is 0 Å². The number of halogens is 1. The van der Waals surface area contributed by atoms with Gasteiger partial charge in [0, 0.05) is 12.0 Å². The summed E-state index contributed by atoms with van der Waals surface area (Å²) < 4.78 is 19.7. The lowest BCUT2D eigenvalue weighted by atomic mass is 9.90. The third-order valence-corrected chi connectivity index (χ3v) is 5.75. The van der Waals surface area contributed by atoms with Gasteiger partial charge in [-0.3, -0.25) is 4.79 Å². The van der Waals surface area contributed by atoms with Crippen LogP contribution in [0.5, 0.6) is 0 Å². The molecule has 0 bridgehead atoms. The zero-order chi connectivity index (χ0) is 18.8. The van der Waals surface area contributed by atoms with E-state index in [1.807, 2.05) is 0 Å². The van der Waals surface area contributed by atoms with Crippen LogP contribution in [0, 0.1) is 5.82 Å². The van der Waals surface area contributed by atoms with Crippen molar-refractivity contribution in [1.82, 2.24) is 14.6 Å². The molecule has 0 aliphatic heterocycles. The summed E-state index contributed by atoms with van der Waals surface area (Å²) in [6, 6.07) is 6.58. The van der Waals surface area contributed by atoms with Gasteiger partial charge in [0.05, 0.1) is 11.3 Å². The van der Waals surface area contributed by atoms with Crippen molar-refractivity contribution in [3.63, 3.8) is 0 Å². The molecule has 0 spiro atoms. The van der Waals surface area contributed by atoms with Crippen molar-refractivity contribution in [2.45, 2.75) is 44.6 Å². The van der Waals surface area contributed by atoms with E-state index >= 15 is 0 Å². The molecule has 0 N–H and O–H groups in total. The fourth-order valence-corrected chi connectivity index (χ4v) is 4.39. The van der Waals surface area contributed by atoms with Gasteiger partial charge in [-0.05, 0) is 31.0 Å². The Morgan fingerprint density at radius 3 is 2.85 bits per heavy atom. The van der Waals surface area contributed by atoms with Crippen LogP contribution in [0.25, 0.3) is 4.96 Å². The van der Waals surface area contributed by atoms with Crippen LogP contribution in [0.15, 0.2) is 35.1 Å². The van der Waals surface area contributed by atoms with Crippen molar-refractivity contribution < 1.29 is 13.9 Å². The van der Waals surface area contributed by atoms with Gasteiger partial charge < -0.3 is 4.74 Å². The molecule has 0 atom stereocenters. The molecule has 1 saturated carbocycles. The second-order valence-electron chi connectivity index (χ2n) is 6.64. The van der Waals surface area contributed by atoms with E-state index < -0.39 is 11.8 Å². The predicted molar refractivity (Wildman–Crippen MR) is 98.5 cm³/mol. The van der Waals surface area contributed by atoms with Gasteiger partial charge >= 0.3 is 5.97 Å². The van der Waals surface area contributed by atoms with E-state index in [2.05, 4.69) is 10.1 Å². The summed E-state index contributed by atoms with van der Waals surface area (Å²) in [6.45, 7) is -0.155. The minimum Gasteiger partial charge on any atom is -0.456 e. The second kappa shape index (κ2) is 7.56. The zero-order valence-electron chi connectivity index (χ0n) is 14.6. The minimum atomic E-state index is -0.663. The summed E-state index contributed by atoms with van der Waals surface area (Å²) in [5.74, 6) is -0.787. The predicted octanol–water partition coefficient (Wildman–Crippen LogP) is 3.69. The molecule has 140 valence electrons. The number of ether oxygens (including phenoxy) is 1. The van der Waals surface area contributed by atoms with E-state index in [4.69, 9.17) is 4.74 Å². The Hall–Kier alpha value is -2.61. The number of carbonyl (C=O) groups is 1. The maximum atomic E-state index is 13.2. The average molecular weight is 387 g/mol. The van der Waals surface area contributed by atoms with Gasteiger partial charge in [0.15, 0.2) is 0 Å². The zero-order valence-corrected chi connectivity index (χ0v) is 15.4. The molecule has 8 heteroatoms. The summed E-state index contributed by atoms with van der Waals surface area (Å²) in [6.07, 6.45) is 5.80. The molecule has 4 rings (SSSR count). The Bertz CT molecular complexity index is 1040.